The quantitative estimate of drug-likeness (QED) is 0.364. The summed E-state index contributed by atoms with van der Waals surface area (Å²) < 4.78 is 31.6. The van der Waals surface area contributed by atoms with Crippen LogP contribution in [0.15, 0.2) is 0 Å². The number of hydrogen-bond donors (Lipinski definition) is 5. The normalized spacial score (nSPS) is 41.0. The molecule has 8 nitrogen and oxygen atoms in total. The molecule has 5 atom stereocenters. The van der Waals surface area contributed by atoms with Crippen molar-refractivity contribution < 1.29 is 43.3 Å². The minimum absolute atomic E-state index is 0.810. The summed E-state index contributed by atoms with van der Waals surface area (Å²) in [6.07, 6.45) is -9.16. The van der Waals surface area contributed by atoms with Crippen molar-refractivity contribution in [2.24, 2.45) is 0 Å². The van der Waals surface area contributed by atoms with Gasteiger partial charge in [-0.15, -0.1) is 0 Å². The summed E-state index contributed by atoms with van der Waals surface area (Å²) in [5.74, 6) is 0. The molecule has 1 saturated heterocycles. The van der Waals surface area contributed by atoms with Crippen LogP contribution in [0, 0.1) is 0 Å². The van der Waals surface area contributed by atoms with Gasteiger partial charge in [0, 0.05) is 0 Å². The van der Waals surface area contributed by atoms with Crippen LogP contribution in [0.25, 0.3) is 0 Å². The van der Waals surface area contributed by atoms with Gasteiger partial charge in [-0.2, -0.15) is 0 Å². The molecule has 1 heterocycles. The minimum Gasteiger partial charge on any atom is -0.387 e. The number of phosphoric acid groups is 1. The highest BCUT2D eigenvalue weighted by Gasteiger charge is 2.44. The average Bonchev–Trinajstić information content (AvgIpc) is 2.17. The first kappa shape index (κ1) is 13.9. The van der Waals surface area contributed by atoms with Crippen molar-refractivity contribution in [3.05, 3.63) is 0 Å². The van der Waals surface area contributed by atoms with Gasteiger partial charge in [0.15, 0.2) is 0 Å². The Morgan fingerprint density at radius 3 is 2.25 bits per heavy atom. The van der Waals surface area contributed by atoms with Gasteiger partial charge in [0.05, 0.1) is 6.61 Å². The Labute approximate surface area is 89.5 Å². The Morgan fingerprint density at radius 1 is 1.19 bits per heavy atom. The first-order chi connectivity index (χ1) is 7.22. The van der Waals surface area contributed by atoms with Crippen molar-refractivity contribution in [2.45, 2.75) is 30.8 Å². The molecule has 0 radical (unpaired) electrons. The van der Waals surface area contributed by atoms with E-state index in [0.29, 0.717) is 0 Å². The third-order valence-electron chi connectivity index (χ3n) is 2.06. The molecule has 1 unspecified atom stereocenters. The number of halogens is 1. The number of aliphatic hydroxyl groups is 3. The third kappa shape index (κ3) is 3.44. The fraction of sp³-hybridized carbons (Fsp3) is 1.00. The van der Waals surface area contributed by atoms with Crippen LogP contribution in [0.4, 0.5) is 4.39 Å². The Hall–Kier alpha value is -0.120. The highest BCUT2D eigenvalue weighted by atomic mass is 31.2. The second-order valence-corrected chi connectivity index (χ2v) is 4.52. The standard InChI is InChI=1S/C6H12FO8P/c7-6-5(10)4(9)3(8)2(15-6)1-14-16(11,12)13/h2-6,8-10H,1H2,(H2,11,12,13)/t2-,3-,4+,5-,6?/m1/s1. The van der Waals surface area contributed by atoms with Crippen molar-refractivity contribution >= 4 is 7.82 Å². The third-order valence-corrected chi connectivity index (χ3v) is 2.55. The summed E-state index contributed by atoms with van der Waals surface area (Å²) in [5.41, 5.74) is 0. The van der Waals surface area contributed by atoms with Gasteiger partial charge in [-0.05, 0) is 0 Å². The van der Waals surface area contributed by atoms with Crippen LogP contribution in [-0.2, 0) is 13.8 Å². The number of aliphatic hydroxyl groups excluding tert-OH is 3. The molecular formula is C6H12FO8P. The fourth-order valence-electron chi connectivity index (χ4n) is 1.21. The smallest absolute Gasteiger partial charge is 0.387 e. The van der Waals surface area contributed by atoms with Crippen molar-refractivity contribution in [1.29, 1.82) is 0 Å². The topological polar surface area (TPSA) is 137 Å². The van der Waals surface area contributed by atoms with Crippen LogP contribution in [0.1, 0.15) is 0 Å². The molecule has 1 aliphatic rings. The molecule has 16 heavy (non-hydrogen) atoms. The summed E-state index contributed by atoms with van der Waals surface area (Å²) in [6, 6.07) is 0. The number of rotatable bonds is 3. The van der Waals surface area contributed by atoms with E-state index in [2.05, 4.69) is 9.26 Å². The minimum atomic E-state index is -4.77. The zero-order valence-electron chi connectivity index (χ0n) is 7.88. The predicted molar refractivity (Wildman–Crippen MR) is 45.8 cm³/mol. The first-order valence-corrected chi connectivity index (χ1v) is 5.79. The van der Waals surface area contributed by atoms with Crippen LogP contribution < -0.4 is 0 Å². The zero-order chi connectivity index (χ0) is 12.5. The predicted octanol–water partition coefficient (Wildman–Crippen LogP) is -2.13. The fourth-order valence-corrected chi connectivity index (χ4v) is 1.55. The molecule has 0 aliphatic carbocycles. The van der Waals surface area contributed by atoms with Crippen molar-refractivity contribution in [2.75, 3.05) is 6.61 Å². The number of phosphoric ester groups is 1. The summed E-state index contributed by atoms with van der Waals surface area (Å²) in [5, 5.41) is 27.4. The molecule has 1 fully saturated rings. The SMILES string of the molecule is O=P(O)(O)OC[C@H]1OC(F)[C@H](O)[C@@H](O)[C@@H]1O. The lowest BCUT2D eigenvalue weighted by atomic mass is 10.00. The van der Waals surface area contributed by atoms with E-state index >= 15 is 0 Å². The highest BCUT2D eigenvalue weighted by Crippen LogP contribution is 2.36. The second-order valence-electron chi connectivity index (χ2n) is 3.28. The van der Waals surface area contributed by atoms with E-state index in [1.54, 1.807) is 0 Å². The maximum Gasteiger partial charge on any atom is 0.469 e. The molecule has 0 amide bonds. The number of ether oxygens (including phenoxy) is 1. The maximum absolute atomic E-state index is 12.9. The summed E-state index contributed by atoms with van der Waals surface area (Å²) in [6.45, 7) is -0.810. The summed E-state index contributed by atoms with van der Waals surface area (Å²) in [7, 11) is -4.77. The van der Waals surface area contributed by atoms with Crippen molar-refractivity contribution in [3.63, 3.8) is 0 Å². The molecule has 0 saturated carbocycles. The van der Waals surface area contributed by atoms with Crippen LogP contribution in [0.3, 0.4) is 0 Å². The molecule has 0 aromatic rings. The van der Waals surface area contributed by atoms with E-state index in [1.807, 2.05) is 0 Å². The summed E-state index contributed by atoms with van der Waals surface area (Å²) in [4.78, 5) is 16.7. The molecule has 0 spiro atoms. The molecule has 0 aromatic carbocycles. The lowest BCUT2D eigenvalue weighted by Crippen LogP contribution is -2.57. The molecule has 10 heteroatoms. The van der Waals surface area contributed by atoms with E-state index < -0.39 is 45.2 Å². The van der Waals surface area contributed by atoms with E-state index in [4.69, 9.17) is 20.0 Å². The van der Waals surface area contributed by atoms with Gasteiger partial charge in [-0.1, -0.05) is 0 Å². The molecule has 0 aromatic heterocycles. The van der Waals surface area contributed by atoms with Crippen LogP contribution >= 0.6 is 7.82 Å². The lowest BCUT2D eigenvalue weighted by molar-refractivity contribution is -0.262. The first-order valence-electron chi connectivity index (χ1n) is 4.26. The van der Waals surface area contributed by atoms with Crippen LogP contribution in [-0.4, -0.2) is 62.5 Å². The van der Waals surface area contributed by atoms with Crippen molar-refractivity contribution in [1.82, 2.24) is 0 Å². The van der Waals surface area contributed by atoms with E-state index in [0.717, 1.165) is 0 Å². The van der Waals surface area contributed by atoms with E-state index in [9.17, 15) is 14.1 Å². The lowest BCUT2D eigenvalue weighted by Gasteiger charge is -2.36. The molecular weight excluding hydrogens is 250 g/mol. The maximum atomic E-state index is 12.9. The van der Waals surface area contributed by atoms with Gasteiger partial charge in [0.1, 0.15) is 24.4 Å². The van der Waals surface area contributed by atoms with Crippen LogP contribution in [0.2, 0.25) is 0 Å². The average molecular weight is 262 g/mol. The van der Waals surface area contributed by atoms with Gasteiger partial charge < -0.3 is 29.8 Å². The molecule has 1 aliphatic heterocycles. The number of alkyl halides is 1. The Kier molecular flexibility index (Phi) is 4.38. The van der Waals surface area contributed by atoms with Crippen molar-refractivity contribution in [3.8, 4) is 0 Å². The van der Waals surface area contributed by atoms with Gasteiger partial charge in [0.25, 0.3) is 0 Å². The van der Waals surface area contributed by atoms with Gasteiger partial charge in [-0.25, -0.2) is 8.96 Å². The van der Waals surface area contributed by atoms with E-state index in [-0.39, 0.29) is 0 Å². The van der Waals surface area contributed by atoms with Gasteiger partial charge in [-0.3, -0.25) is 4.52 Å². The Bertz CT molecular complexity index is 282. The molecule has 96 valence electrons. The van der Waals surface area contributed by atoms with Gasteiger partial charge in [0.2, 0.25) is 6.36 Å². The molecule has 1 rings (SSSR count). The molecule has 0 bridgehead atoms. The monoisotopic (exact) mass is 262 g/mol. The second kappa shape index (κ2) is 5.03. The Morgan fingerprint density at radius 2 is 1.75 bits per heavy atom. The Balaban J connectivity index is 2.57. The number of hydrogen-bond acceptors (Lipinski definition) is 6. The highest BCUT2D eigenvalue weighted by molar-refractivity contribution is 7.46. The van der Waals surface area contributed by atoms with Crippen LogP contribution in [0.5, 0.6) is 0 Å². The van der Waals surface area contributed by atoms with E-state index in [1.165, 1.54) is 0 Å². The summed E-state index contributed by atoms with van der Waals surface area (Å²) >= 11 is 0. The molecule has 5 N–H and O–H groups in total. The van der Waals surface area contributed by atoms with Gasteiger partial charge >= 0.3 is 7.82 Å². The zero-order valence-corrected chi connectivity index (χ0v) is 8.77. The largest absolute Gasteiger partial charge is 0.469 e.